The van der Waals surface area contributed by atoms with Gasteiger partial charge >= 0.3 is 0 Å². The minimum Gasteiger partial charge on any atom is -0.381 e. The summed E-state index contributed by atoms with van der Waals surface area (Å²) in [5, 5.41) is 0. The fraction of sp³-hybridized carbons (Fsp3) is 1.00. The van der Waals surface area contributed by atoms with E-state index >= 15 is 0 Å². The van der Waals surface area contributed by atoms with E-state index in [9.17, 15) is 0 Å². The first-order valence-electron chi connectivity index (χ1n) is 6.87. The zero-order chi connectivity index (χ0) is 12.3. The summed E-state index contributed by atoms with van der Waals surface area (Å²) >= 11 is 0. The third-order valence-corrected chi connectivity index (χ3v) is 4.69. The van der Waals surface area contributed by atoms with Crippen molar-refractivity contribution in [3.8, 4) is 0 Å². The highest BCUT2D eigenvalue weighted by Gasteiger charge is 2.46. The second-order valence-electron chi connectivity index (χ2n) is 5.66. The van der Waals surface area contributed by atoms with Crippen LogP contribution in [0, 0.1) is 0 Å². The summed E-state index contributed by atoms with van der Waals surface area (Å²) in [6, 6.07) is 0. The van der Waals surface area contributed by atoms with Crippen molar-refractivity contribution in [2.24, 2.45) is 5.73 Å². The van der Waals surface area contributed by atoms with Crippen LogP contribution in [0.4, 0.5) is 0 Å². The van der Waals surface area contributed by atoms with Crippen LogP contribution in [0.15, 0.2) is 0 Å². The first-order valence-corrected chi connectivity index (χ1v) is 6.87. The molecule has 1 aliphatic carbocycles. The molecule has 1 saturated heterocycles. The van der Waals surface area contributed by atoms with E-state index in [2.05, 4.69) is 16.8 Å². The molecule has 1 saturated carbocycles. The van der Waals surface area contributed by atoms with E-state index in [4.69, 9.17) is 10.5 Å². The number of methoxy groups -OCH3 is 1. The lowest BCUT2D eigenvalue weighted by atomic mass is 9.73. The minimum atomic E-state index is 0.209. The van der Waals surface area contributed by atoms with Crippen molar-refractivity contribution in [3.63, 3.8) is 0 Å². The zero-order valence-electron chi connectivity index (χ0n) is 11.3. The van der Waals surface area contributed by atoms with Gasteiger partial charge in [0.25, 0.3) is 0 Å². The lowest BCUT2D eigenvalue weighted by Gasteiger charge is -2.52. The predicted molar refractivity (Wildman–Crippen MR) is 70.1 cm³/mol. The Morgan fingerprint density at radius 3 is 2.53 bits per heavy atom. The molecule has 0 unspecified atom stereocenters. The smallest absolute Gasteiger partial charge is 0.0607 e. The van der Waals surface area contributed by atoms with Crippen molar-refractivity contribution in [3.05, 3.63) is 0 Å². The number of nitrogens with two attached hydrogens (primary N) is 1. The second-order valence-corrected chi connectivity index (χ2v) is 5.66. The molecule has 0 atom stereocenters. The van der Waals surface area contributed by atoms with Crippen LogP contribution in [-0.2, 0) is 4.74 Å². The number of hydrogen-bond donors (Lipinski definition) is 1. The number of ether oxygens (including phenoxy) is 1. The summed E-state index contributed by atoms with van der Waals surface area (Å²) in [5.41, 5.74) is 6.17. The van der Waals surface area contributed by atoms with Crippen molar-refractivity contribution in [2.45, 2.75) is 37.3 Å². The largest absolute Gasteiger partial charge is 0.381 e. The Kier molecular flexibility index (Phi) is 4.42. The summed E-state index contributed by atoms with van der Waals surface area (Å²) in [6.45, 7) is 5.64. The Morgan fingerprint density at radius 1 is 1.35 bits per heavy atom. The lowest BCUT2D eigenvalue weighted by molar-refractivity contribution is -0.0794. The predicted octanol–water partition coefficient (Wildman–Crippen LogP) is 0.520. The third-order valence-electron chi connectivity index (χ3n) is 4.69. The van der Waals surface area contributed by atoms with Gasteiger partial charge in [-0.2, -0.15) is 0 Å². The molecule has 100 valence electrons. The van der Waals surface area contributed by atoms with Crippen LogP contribution in [0.1, 0.15) is 25.7 Å². The molecule has 2 fully saturated rings. The van der Waals surface area contributed by atoms with Crippen LogP contribution in [0.2, 0.25) is 0 Å². The third kappa shape index (κ3) is 2.81. The highest BCUT2D eigenvalue weighted by Crippen LogP contribution is 2.37. The number of rotatable bonds is 6. The van der Waals surface area contributed by atoms with Gasteiger partial charge in [0.2, 0.25) is 0 Å². The summed E-state index contributed by atoms with van der Waals surface area (Å²) < 4.78 is 5.38. The summed E-state index contributed by atoms with van der Waals surface area (Å²) in [6.07, 6.45) is 5.36. The average molecular weight is 241 g/mol. The van der Waals surface area contributed by atoms with Gasteiger partial charge in [0.05, 0.1) is 6.10 Å². The molecule has 2 N–H and O–H groups in total. The van der Waals surface area contributed by atoms with Gasteiger partial charge in [-0.05, 0) is 45.8 Å². The Morgan fingerprint density at radius 2 is 2.00 bits per heavy atom. The number of likely N-dealkylation sites (tertiary alicyclic amines) is 1. The first-order chi connectivity index (χ1) is 8.20. The molecule has 4 nitrogen and oxygen atoms in total. The zero-order valence-corrected chi connectivity index (χ0v) is 11.3. The van der Waals surface area contributed by atoms with Gasteiger partial charge in [-0.1, -0.05) is 0 Å². The number of nitrogens with zero attached hydrogens (tertiary/aromatic N) is 2. The molecule has 2 aliphatic rings. The van der Waals surface area contributed by atoms with E-state index < -0.39 is 0 Å². The molecule has 17 heavy (non-hydrogen) atoms. The molecule has 0 aromatic carbocycles. The van der Waals surface area contributed by atoms with Crippen molar-refractivity contribution >= 4 is 0 Å². The Balaban J connectivity index is 1.75. The van der Waals surface area contributed by atoms with Crippen LogP contribution in [0.3, 0.4) is 0 Å². The fourth-order valence-electron chi connectivity index (χ4n) is 3.12. The molecule has 1 heterocycles. The van der Waals surface area contributed by atoms with E-state index in [1.54, 1.807) is 7.11 Å². The molecular weight excluding hydrogens is 214 g/mol. The first kappa shape index (κ1) is 13.3. The molecule has 0 aromatic heterocycles. The topological polar surface area (TPSA) is 41.7 Å². The second kappa shape index (κ2) is 5.65. The van der Waals surface area contributed by atoms with Gasteiger partial charge in [0.15, 0.2) is 0 Å². The normalized spacial score (nSPS) is 34.2. The molecule has 0 spiro atoms. The van der Waals surface area contributed by atoms with E-state index in [1.807, 2.05) is 0 Å². The maximum Gasteiger partial charge on any atom is 0.0607 e. The highest BCUT2D eigenvalue weighted by molar-refractivity contribution is 5.03. The van der Waals surface area contributed by atoms with Gasteiger partial charge in [-0.25, -0.2) is 0 Å². The summed E-state index contributed by atoms with van der Waals surface area (Å²) in [4.78, 5) is 5.02. The maximum atomic E-state index is 5.96. The van der Waals surface area contributed by atoms with E-state index in [1.165, 1.54) is 32.5 Å². The lowest BCUT2D eigenvalue weighted by Crippen LogP contribution is -2.63. The monoisotopic (exact) mass is 241 g/mol. The van der Waals surface area contributed by atoms with Gasteiger partial charge in [0, 0.05) is 32.3 Å². The standard InChI is InChI=1S/C13H27N3O/c1-15(7-8-16-5-3-4-6-16)13(11-14)9-12(10-13)17-2/h12H,3-11,14H2,1-2H3. The quantitative estimate of drug-likeness (QED) is 0.736. The van der Waals surface area contributed by atoms with Gasteiger partial charge in [-0.15, -0.1) is 0 Å². The molecular formula is C13H27N3O. The summed E-state index contributed by atoms with van der Waals surface area (Å²) in [7, 11) is 4.02. The van der Waals surface area contributed by atoms with Gasteiger partial charge in [-0.3, -0.25) is 4.90 Å². The van der Waals surface area contributed by atoms with Crippen molar-refractivity contribution in [1.82, 2.24) is 9.80 Å². The van der Waals surface area contributed by atoms with Crippen molar-refractivity contribution in [2.75, 3.05) is 46.9 Å². The van der Waals surface area contributed by atoms with Crippen LogP contribution < -0.4 is 5.73 Å². The van der Waals surface area contributed by atoms with Gasteiger partial charge < -0.3 is 15.4 Å². The van der Waals surface area contributed by atoms with Crippen LogP contribution >= 0.6 is 0 Å². The van der Waals surface area contributed by atoms with E-state index in [0.717, 1.165) is 25.9 Å². The molecule has 0 bridgehead atoms. The van der Waals surface area contributed by atoms with Crippen LogP contribution in [-0.4, -0.2) is 68.3 Å². The molecule has 4 heteroatoms. The molecule has 2 rings (SSSR count). The average Bonchev–Trinajstić information content (AvgIpc) is 2.79. The molecule has 1 aliphatic heterocycles. The fourth-order valence-corrected chi connectivity index (χ4v) is 3.12. The van der Waals surface area contributed by atoms with Crippen molar-refractivity contribution < 1.29 is 4.74 Å². The molecule has 0 radical (unpaired) electrons. The SMILES string of the molecule is COC1CC(CN)(N(C)CCN2CCCC2)C1. The highest BCUT2D eigenvalue weighted by atomic mass is 16.5. The van der Waals surface area contributed by atoms with Crippen molar-refractivity contribution in [1.29, 1.82) is 0 Å². The van der Waals surface area contributed by atoms with E-state index in [-0.39, 0.29) is 5.54 Å². The van der Waals surface area contributed by atoms with Crippen LogP contribution in [0.5, 0.6) is 0 Å². The minimum absolute atomic E-state index is 0.209. The van der Waals surface area contributed by atoms with Crippen LogP contribution in [0.25, 0.3) is 0 Å². The maximum absolute atomic E-state index is 5.96. The number of hydrogen-bond acceptors (Lipinski definition) is 4. The Bertz CT molecular complexity index is 235. The van der Waals surface area contributed by atoms with Gasteiger partial charge in [0.1, 0.15) is 0 Å². The summed E-state index contributed by atoms with van der Waals surface area (Å²) in [5.74, 6) is 0. The van der Waals surface area contributed by atoms with E-state index in [0.29, 0.717) is 6.10 Å². The Labute approximate surface area is 105 Å². The molecule has 0 amide bonds. The Hall–Kier alpha value is -0.160. The molecule has 0 aromatic rings. The number of likely N-dealkylation sites (N-methyl/N-ethyl adjacent to an activating group) is 1.